The molecule has 5 aromatic rings. The first-order valence-electron chi connectivity index (χ1n) is 12.5. The third kappa shape index (κ3) is 5.93. The van der Waals surface area contributed by atoms with Crippen molar-refractivity contribution >= 4 is 5.91 Å². The Hall–Kier alpha value is -4.84. The van der Waals surface area contributed by atoms with Gasteiger partial charge in [0, 0.05) is 23.2 Å². The van der Waals surface area contributed by atoms with Crippen LogP contribution < -0.4 is 14.8 Å². The summed E-state index contributed by atoms with van der Waals surface area (Å²) in [5.74, 6) is 1.55. The summed E-state index contributed by atoms with van der Waals surface area (Å²) in [6.45, 7) is 0.454. The smallest absolute Gasteiger partial charge is 0.257 e. The lowest BCUT2D eigenvalue weighted by molar-refractivity contribution is -0.123. The number of H-pyrrole nitrogens is 1. The van der Waals surface area contributed by atoms with E-state index in [1.54, 1.807) is 13.2 Å². The number of aromatic nitrogens is 2. The van der Waals surface area contributed by atoms with Gasteiger partial charge in [0.1, 0.15) is 5.82 Å². The highest BCUT2D eigenvalue weighted by Crippen LogP contribution is 2.36. The van der Waals surface area contributed by atoms with E-state index < -0.39 is 0 Å². The number of nitrogens with zero attached hydrogens (tertiary/aromatic N) is 1. The number of methoxy groups -OCH3 is 1. The molecular formula is C32H29N3O3. The lowest BCUT2D eigenvalue weighted by Gasteiger charge is -2.12. The van der Waals surface area contributed by atoms with Gasteiger partial charge in [0.2, 0.25) is 0 Å². The molecular weight excluding hydrogens is 474 g/mol. The normalized spacial score (nSPS) is 10.7. The third-order valence-corrected chi connectivity index (χ3v) is 6.19. The summed E-state index contributed by atoms with van der Waals surface area (Å²) in [5, 5.41) is 2.90. The van der Waals surface area contributed by atoms with Crippen molar-refractivity contribution in [2.24, 2.45) is 0 Å². The number of amides is 1. The maximum atomic E-state index is 12.3. The molecule has 0 radical (unpaired) electrons. The Balaban J connectivity index is 1.31. The molecule has 1 amide bonds. The molecule has 0 spiro atoms. The van der Waals surface area contributed by atoms with Crippen LogP contribution in [-0.2, 0) is 11.2 Å². The van der Waals surface area contributed by atoms with Crippen LogP contribution in [-0.4, -0.2) is 36.1 Å². The summed E-state index contributed by atoms with van der Waals surface area (Å²) < 4.78 is 11.4. The van der Waals surface area contributed by atoms with Crippen LogP contribution in [0.5, 0.6) is 11.5 Å². The maximum Gasteiger partial charge on any atom is 0.257 e. The first kappa shape index (κ1) is 24.8. The van der Waals surface area contributed by atoms with Crippen LogP contribution >= 0.6 is 0 Å². The number of rotatable bonds is 10. The number of hydrogen-bond donors (Lipinski definition) is 2. The molecule has 0 saturated heterocycles. The number of benzene rings is 4. The maximum absolute atomic E-state index is 12.3. The Labute approximate surface area is 222 Å². The number of aromatic amines is 1. The van der Waals surface area contributed by atoms with Gasteiger partial charge in [0.25, 0.3) is 5.91 Å². The highest BCUT2D eigenvalue weighted by atomic mass is 16.5. The van der Waals surface area contributed by atoms with Gasteiger partial charge >= 0.3 is 0 Å². The highest BCUT2D eigenvalue weighted by molar-refractivity contribution is 5.81. The van der Waals surface area contributed by atoms with Gasteiger partial charge in [-0.3, -0.25) is 4.79 Å². The minimum absolute atomic E-state index is 0.0957. The van der Waals surface area contributed by atoms with Crippen molar-refractivity contribution < 1.29 is 14.3 Å². The lowest BCUT2D eigenvalue weighted by atomic mass is 10.1. The molecule has 0 bridgehead atoms. The van der Waals surface area contributed by atoms with Crippen molar-refractivity contribution in [3.63, 3.8) is 0 Å². The van der Waals surface area contributed by atoms with E-state index in [0.29, 0.717) is 23.9 Å². The fourth-order valence-corrected chi connectivity index (χ4v) is 4.25. The van der Waals surface area contributed by atoms with Crippen LogP contribution in [0.2, 0.25) is 0 Å². The van der Waals surface area contributed by atoms with E-state index in [4.69, 9.17) is 14.5 Å². The molecule has 1 aromatic heterocycles. The predicted octanol–water partition coefficient (Wildman–Crippen LogP) is 6.16. The molecule has 38 heavy (non-hydrogen) atoms. The van der Waals surface area contributed by atoms with E-state index in [1.165, 1.54) is 5.56 Å². The summed E-state index contributed by atoms with van der Waals surface area (Å²) in [5.41, 5.74) is 5.92. The van der Waals surface area contributed by atoms with Crippen molar-refractivity contribution in [3.05, 3.63) is 115 Å². The van der Waals surface area contributed by atoms with Crippen molar-refractivity contribution in [2.75, 3.05) is 20.3 Å². The number of imidazole rings is 1. The lowest BCUT2D eigenvalue weighted by Crippen LogP contribution is -2.30. The number of nitrogens with one attached hydrogen (secondary N) is 2. The van der Waals surface area contributed by atoms with Gasteiger partial charge in [-0.25, -0.2) is 4.98 Å². The monoisotopic (exact) mass is 503 g/mol. The predicted molar refractivity (Wildman–Crippen MR) is 150 cm³/mol. The zero-order valence-electron chi connectivity index (χ0n) is 21.2. The molecule has 2 N–H and O–H groups in total. The molecule has 0 fully saturated rings. The van der Waals surface area contributed by atoms with E-state index >= 15 is 0 Å². The van der Waals surface area contributed by atoms with Crippen molar-refractivity contribution in [1.29, 1.82) is 0 Å². The average Bonchev–Trinajstić information content (AvgIpc) is 3.43. The summed E-state index contributed by atoms with van der Waals surface area (Å²) in [6, 6.07) is 35.9. The summed E-state index contributed by atoms with van der Waals surface area (Å²) in [6.07, 6.45) is 0.768. The second-order valence-electron chi connectivity index (χ2n) is 8.78. The first-order chi connectivity index (χ1) is 18.7. The van der Waals surface area contributed by atoms with E-state index in [1.807, 2.05) is 78.9 Å². The Bertz CT molecular complexity index is 1430. The molecule has 4 aromatic carbocycles. The third-order valence-electron chi connectivity index (χ3n) is 6.19. The minimum atomic E-state index is -0.182. The average molecular weight is 504 g/mol. The molecule has 0 saturated carbocycles. The van der Waals surface area contributed by atoms with Crippen LogP contribution in [0.4, 0.5) is 0 Å². The fraction of sp³-hybridized carbons (Fsp3) is 0.125. The fourth-order valence-electron chi connectivity index (χ4n) is 4.25. The second kappa shape index (κ2) is 11.9. The Kier molecular flexibility index (Phi) is 7.80. The van der Waals surface area contributed by atoms with Gasteiger partial charge in [-0.05, 0) is 30.2 Å². The number of hydrogen-bond acceptors (Lipinski definition) is 4. The van der Waals surface area contributed by atoms with Crippen LogP contribution in [0.25, 0.3) is 33.9 Å². The van der Waals surface area contributed by atoms with Crippen molar-refractivity contribution in [3.8, 4) is 45.4 Å². The van der Waals surface area contributed by atoms with Gasteiger partial charge < -0.3 is 19.8 Å². The first-order valence-corrected chi connectivity index (χ1v) is 12.5. The minimum Gasteiger partial charge on any atom is -0.493 e. The number of ether oxygens (including phenoxy) is 2. The van der Waals surface area contributed by atoms with E-state index in [0.717, 1.165) is 34.5 Å². The highest BCUT2D eigenvalue weighted by Gasteiger charge is 2.17. The zero-order chi connectivity index (χ0) is 26.2. The van der Waals surface area contributed by atoms with Crippen LogP contribution in [0, 0.1) is 0 Å². The molecule has 6 heteroatoms. The van der Waals surface area contributed by atoms with Crippen LogP contribution in [0.3, 0.4) is 0 Å². The molecule has 6 nitrogen and oxygen atoms in total. The Morgan fingerprint density at radius 1 is 0.789 bits per heavy atom. The Morgan fingerprint density at radius 3 is 2.13 bits per heavy atom. The van der Waals surface area contributed by atoms with E-state index in [-0.39, 0.29) is 12.5 Å². The molecule has 190 valence electrons. The summed E-state index contributed by atoms with van der Waals surface area (Å²) in [7, 11) is 1.58. The van der Waals surface area contributed by atoms with Crippen LogP contribution in [0.1, 0.15) is 5.56 Å². The topological polar surface area (TPSA) is 76.2 Å². The molecule has 0 aliphatic rings. The van der Waals surface area contributed by atoms with E-state index in [9.17, 15) is 4.79 Å². The zero-order valence-corrected chi connectivity index (χ0v) is 21.2. The summed E-state index contributed by atoms with van der Waals surface area (Å²) >= 11 is 0. The van der Waals surface area contributed by atoms with Gasteiger partial charge in [-0.15, -0.1) is 0 Å². The summed E-state index contributed by atoms with van der Waals surface area (Å²) in [4.78, 5) is 20.8. The van der Waals surface area contributed by atoms with Gasteiger partial charge in [0.05, 0.1) is 18.5 Å². The van der Waals surface area contributed by atoms with Gasteiger partial charge in [0.15, 0.2) is 18.1 Å². The largest absolute Gasteiger partial charge is 0.493 e. The molecule has 0 aliphatic carbocycles. The van der Waals surface area contributed by atoms with Crippen molar-refractivity contribution in [1.82, 2.24) is 15.3 Å². The molecule has 0 atom stereocenters. The molecule has 5 rings (SSSR count). The molecule has 0 unspecified atom stereocenters. The van der Waals surface area contributed by atoms with Crippen molar-refractivity contribution in [2.45, 2.75) is 6.42 Å². The second-order valence-corrected chi connectivity index (χ2v) is 8.78. The number of carbonyl (C=O) groups excluding carboxylic acids is 1. The number of carbonyl (C=O) groups is 1. The quantitative estimate of drug-likeness (QED) is 0.239. The molecule has 0 aliphatic heterocycles. The van der Waals surface area contributed by atoms with Gasteiger partial charge in [-0.2, -0.15) is 0 Å². The Morgan fingerprint density at radius 2 is 1.45 bits per heavy atom. The van der Waals surface area contributed by atoms with Crippen LogP contribution in [0.15, 0.2) is 109 Å². The van der Waals surface area contributed by atoms with Gasteiger partial charge in [-0.1, -0.05) is 91.0 Å². The SMILES string of the molecule is COc1cc(-c2nc(-c3ccccc3)c(-c3ccccc3)[nH]2)ccc1OCC(=O)NCCc1ccccc1. The molecule has 1 heterocycles. The van der Waals surface area contributed by atoms with E-state index in [2.05, 4.69) is 34.6 Å². The standard InChI is InChI=1S/C32H29N3O3/c1-37-28-21-26(17-18-27(28)38-22-29(36)33-20-19-23-11-5-2-6-12-23)32-34-30(24-13-7-3-8-14-24)31(35-32)25-15-9-4-10-16-25/h2-18,21H,19-20,22H2,1H3,(H,33,36)(H,34,35).